The van der Waals surface area contributed by atoms with Crippen LogP contribution < -0.4 is 10.1 Å². The van der Waals surface area contributed by atoms with E-state index in [0.29, 0.717) is 41.9 Å². The first kappa shape index (κ1) is 27.4. The summed E-state index contributed by atoms with van der Waals surface area (Å²) >= 11 is 0. The van der Waals surface area contributed by atoms with Crippen molar-refractivity contribution in [1.29, 1.82) is 0 Å². The van der Waals surface area contributed by atoms with Crippen LogP contribution in [0.4, 0.5) is 0 Å². The molecule has 1 saturated heterocycles. The largest absolute Gasteiger partial charge is 0.496 e. The van der Waals surface area contributed by atoms with Crippen molar-refractivity contribution >= 4 is 45.4 Å². The third kappa shape index (κ3) is 4.88. The van der Waals surface area contributed by atoms with Gasteiger partial charge in [-0.1, -0.05) is 24.6 Å². The number of aromatic amines is 1. The summed E-state index contributed by atoms with van der Waals surface area (Å²) in [4.78, 5) is 63.7. The van der Waals surface area contributed by atoms with E-state index in [0.717, 1.165) is 36.6 Å². The van der Waals surface area contributed by atoms with Gasteiger partial charge in [-0.3, -0.25) is 19.2 Å². The number of carbonyl (C=O) groups excluding carboxylic acids is 4. The highest BCUT2D eigenvalue weighted by Crippen LogP contribution is 2.43. The number of hydrogen-bond acceptors (Lipinski definition) is 7. The lowest BCUT2D eigenvalue weighted by atomic mass is 9.91. The number of hydrogen-bond donors (Lipinski definition) is 2. The molecule has 1 aliphatic heterocycles. The summed E-state index contributed by atoms with van der Waals surface area (Å²) < 4.78 is 11.2. The molecular formula is C33H34N4O6. The van der Waals surface area contributed by atoms with E-state index in [1.54, 1.807) is 36.3 Å². The average Bonchev–Trinajstić information content (AvgIpc) is 3.83. The second kappa shape index (κ2) is 11.0. The Morgan fingerprint density at radius 3 is 2.77 bits per heavy atom. The predicted octanol–water partition coefficient (Wildman–Crippen LogP) is 4.69. The van der Waals surface area contributed by atoms with Crippen molar-refractivity contribution in [3.8, 4) is 5.75 Å². The number of nitrogens with zero attached hydrogens (tertiary/aromatic N) is 2. The van der Waals surface area contributed by atoms with E-state index >= 15 is 0 Å². The summed E-state index contributed by atoms with van der Waals surface area (Å²) in [6, 6.07) is 12.7. The van der Waals surface area contributed by atoms with Gasteiger partial charge in [0.15, 0.2) is 5.58 Å². The molecule has 2 amide bonds. The molecule has 2 aromatic carbocycles. The summed E-state index contributed by atoms with van der Waals surface area (Å²) in [5.41, 5.74) is 2.18. The van der Waals surface area contributed by atoms with Crippen molar-refractivity contribution in [2.24, 2.45) is 17.8 Å². The number of nitrogens with one attached hydrogen (secondary N) is 2. The third-order valence-corrected chi connectivity index (χ3v) is 9.58. The van der Waals surface area contributed by atoms with Crippen LogP contribution in [-0.4, -0.2) is 64.0 Å². The van der Waals surface area contributed by atoms with E-state index in [4.69, 9.17) is 9.15 Å². The van der Waals surface area contributed by atoms with Gasteiger partial charge >= 0.3 is 0 Å². The van der Waals surface area contributed by atoms with Crippen LogP contribution in [0.5, 0.6) is 5.75 Å². The van der Waals surface area contributed by atoms with Crippen LogP contribution in [0.2, 0.25) is 0 Å². The van der Waals surface area contributed by atoms with E-state index in [9.17, 15) is 19.2 Å². The van der Waals surface area contributed by atoms with E-state index < -0.39 is 17.9 Å². The minimum absolute atomic E-state index is 0.00365. The summed E-state index contributed by atoms with van der Waals surface area (Å²) in [6.45, 7) is 0.471. The predicted molar refractivity (Wildman–Crippen MR) is 158 cm³/mol. The summed E-state index contributed by atoms with van der Waals surface area (Å²) in [7, 11) is 1.59. The van der Waals surface area contributed by atoms with E-state index in [1.165, 1.54) is 0 Å². The first-order valence-corrected chi connectivity index (χ1v) is 15.1. The first-order valence-electron chi connectivity index (χ1n) is 15.1. The Morgan fingerprint density at radius 1 is 1.12 bits per heavy atom. The van der Waals surface area contributed by atoms with Crippen molar-refractivity contribution in [2.45, 2.75) is 57.0 Å². The van der Waals surface area contributed by atoms with Crippen molar-refractivity contribution in [3.63, 3.8) is 0 Å². The lowest BCUT2D eigenvalue weighted by Gasteiger charge is -2.29. The highest BCUT2D eigenvalue weighted by Gasteiger charge is 2.50. The second-order valence-electron chi connectivity index (χ2n) is 12.1. The van der Waals surface area contributed by atoms with Crippen LogP contribution in [0.3, 0.4) is 0 Å². The van der Waals surface area contributed by atoms with E-state index in [-0.39, 0.29) is 47.7 Å². The fourth-order valence-corrected chi connectivity index (χ4v) is 7.46. The van der Waals surface area contributed by atoms with Crippen LogP contribution in [0.25, 0.3) is 22.0 Å². The lowest BCUT2D eigenvalue weighted by molar-refractivity contribution is -0.127. The van der Waals surface area contributed by atoms with Crippen molar-refractivity contribution in [1.82, 2.24) is 20.2 Å². The van der Waals surface area contributed by atoms with E-state index in [2.05, 4.69) is 15.3 Å². The quantitative estimate of drug-likeness (QED) is 0.288. The van der Waals surface area contributed by atoms with Crippen LogP contribution in [0.15, 0.2) is 52.9 Å². The number of rotatable bonds is 8. The topological polar surface area (TPSA) is 135 Å². The van der Waals surface area contributed by atoms with Crippen LogP contribution in [0, 0.1) is 17.8 Å². The Balaban J connectivity index is 1.18. The van der Waals surface area contributed by atoms with Gasteiger partial charge in [-0.05, 0) is 74.3 Å². The number of amides is 2. The zero-order valence-electron chi connectivity index (χ0n) is 24.0. The SMILES string of the molecule is COc1cccc2[nH]c(C(=O)N3C[C@@H]4CCC[C@@H]4[C@H]3C(=O)N[C@@H](C[C@@H]3CCCC3=O)C(=O)c3nc4ccccc4o3)cc12. The lowest BCUT2D eigenvalue weighted by Crippen LogP contribution is -2.53. The van der Waals surface area contributed by atoms with Gasteiger partial charge in [0, 0.05) is 29.8 Å². The number of Topliss-reactive ketones (excluding diaryl/α,β-unsaturated/α-hetero) is 2. The molecule has 0 spiro atoms. The van der Waals surface area contributed by atoms with Gasteiger partial charge in [-0.15, -0.1) is 0 Å². The number of benzene rings is 2. The Bertz CT molecular complexity index is 1710. The standard InChI is InChI=1S/C33H34N4O6/c1-42-27-14-6-11-22-21(27)16-25(34-22)33(41)37-17-19-8-4-9-20(19)29(37)31(40)35-24(15-18-7-5-12-26(18)38)30(39)32-36-23-10-2-3-13-28(23)43-32/h2-3,6,10-11,13-14,16,18-20,24,29,34H,4-5,7-9,12,15,17H2,1H3,(H,35,40)/t18-,19-,20-,24-,29-/m0/s1. The molecule has 3 heterocycles. The summed E-state index contributed by atoms with van der Waals surface area (Å²) in [6.07, 6.45) is 4.87. The average molecular weight is 583 g/mol. The number of oxazole rings is 1. The number of aromatic nitrogens is 2. The van der Waals surface area contributed by atoms with Crippen molar-refractivity contribution in [3.05, 3.63) is 60.1 Å². The van der Waals surface area contributed by atoms with Gasteiger partial charge < -0.3 is 24.4 Å². The Hall–Kier alpha value is -4.47. The zero-order valence-corrected chi connectivity index (χ0v) is 24.0. The molecule has 2 aliphatic carbocycles. The van der Waals surface area contributed by atoms with Crippen LogP contribution in [-0.2, 0) is 9.59 Å². The maximum absolute atomic E-state index is 14.2. The minimum atomic E-state index is -0.998. The molecule has 10 heteroatoms. The fourth-order valence-electron chi connectivity index (χ4n) is 7.46. The molecule has 0 unspecified atom stereocenters. The molecule has 5 atom stereocenters. The molecule has 0 radical (unpaired) electrons. The molecular weight excluding hydrogens is 548 g/mol. The third-order valence-electron chi connectivity index (χ3n) is 9.58. The number of fused-ring (bicyclic) bond motifs is 3. The van der Waals surface area contributed by atoms with Crippen molar-refractivity contribution in [2.75, 3.05) is 13.7 Å². The Labute approximate surface area is 248 Å². The van der Waals surface area contributed by atoms with Gasteiger partial charge in [0.05, 0.1) is 13.2 Å². The number of ketones is 2. The molecule has 222 valence electrons. The van der Waals surface area contributed by atoms with Crippen molar-refractivity contribution < 1.29 is 28.3 Å². The summed E-state index contributed by atoms with van der Waals surface area (Å²) in [5, 5.41) is 3.77. The molecule has 3 fully saturated rings. The Kier molecular flexibility index (Phi) is 6.99. The van der Waals surface area contributed by atoms with Gasteiger partial charge in [0.25, 0.3) is 11.8 Å². The number of carbonyl (C=O) groups is 4. The second-order valence-corrected chi connectivity index (χ2v) is 12.1. The zero-order chi connectivity index (χ0) is 29.7. The molecule has 7 rings (SSSR count). The molecule has 3 aliphatic rings. The van der Waals surface area contributed by atoms with Gasteiger partial charge in [-0.2, -0.15) is 0 Å². The van der Waals surface area contributed by atoms with Gasteiger partial charge in [0.1, 0.15) is 28.8 Å². The highest BCUT2D eigenvalue weighted by atomic mass is 16.5. The monoisotopic (exact) mass is 582 g/mol. The number of H-pyrrole nitrogens is 1. The van der Waals surface area contributed by atoms with Crippen LogP contribution in [0.1, 0.15) is 66.1 Å². The molecule has 2 saturated carbocycles. The normalized spacial score (nSPS) is 24.0. The molecule has 2 aromatic heterocycles. The van der Waals surface area contributed by atoms with Gasteiger partial charge in [0.2, 0.25) is 11.7 Å². The molecule has 43 heavy (non-hydrogen) atoms. The fraction of sp³-hybridized carbons (Fsp3) is 0.424. The molecule has 10 nitrogen and oxygen atoms in total. The highest BCUT2D eigenvalue weighted by molar-refractivity contribution is 6.04. The Morgan fingerprint density at radius 2 is 1.98 bits per heavy atom. The summed E-state index contributed by atoms with van der Waals surface area (Å²) in [5.74, 6) is -0.558. The number of likely N-dealkylation sites (tertiary alicyclic amines) is 1. The smallest absolute Gasteiger partial charge is 0.271 e. The molecule has 4 aromatic rings. The molecule has 2 N–H and O–H groups in total. The van der Waals surface area contributed by atoms with E-state index in [1.807, 2.05) is 24.3 Å². The maximum atomic E-state index is 14.2. The number of methoxy groups -OCH3 is 1. The number of ether oxygens (including phenoxy) is 1. The minimum Gasteiger partial charge on any atom is -0.496 e. The first-order chi connectivity index (χ1) is 20.9. The van der Waals surface area contributed by atoms with Gasteiger partial charge in [-0.25, -0.2) is 4.98 Å². The maximum Gasteiger partial charge on any atom is 0.271 e. The molecule has 0 bridgehead atoms. The van der Waals surface area contributed by atoms with Crippen LogP contribution >= 0.6 is 0 Å². The number of para-hydroxylation sites is 2.